The fourth-order valence-corrected chi connectivity index (χ4v) is 3.71. The van der Waals surface area contributed by atoms with Crippen LogP contribution < -0.4 is 5.01 Å². The molecule has 27 heavy (non-hydrogen) atoms. The topological polar surface area (TPSA) is 15.6 Å². The van der Waals surface area contributed by atoms with Gasteiger partial charge in [-0.3, -0.25) is 5.01 Å². The Morgan fingerprint density at radius 3 is 2.26 bits per heavy atom. The molecule has 1 atom stereocenters. The zero-order valence-electron chi connectivity index (χ0n) is 14.6. The van der Waals surface area contributed by atoms with E-state index < -0.39 is 0 Å². The average molecular weight is 393 g/mol. The van der Waals surface area contributed by atoms with Crippen molar-refractivity contribution < 1.29 is 0 Å². The summed E-state index contributed by atoms with van der Waals surface area (Å²) in [5.74, 6) is 0. The fraction of sp³-hybridized carbons (Fsp3) is 0.0870. The summed E-state index contributed by atoms with van der Waals surface area (Å²) in [6, 6.07) is 26.2. The van der Waals surface area contributed by atoms with Gasteiger partial charge in [0.2, 0.25) is 0 Å². The second-order valence-corrected chi connectivity index (χ2v) is 7.25. The van der Waals surface area contributed by atoms with Crippen molar-refractivity contribution in [2.75, 3.05) is 5.01 Å². The Morgan fingerprint density at radius 2 is 1.56 bits per heavy atom. The van der Waals surface area contributed by atoms with Gasteiger partial charge in [-0.05, 0) is 35.4 Å². The van der Waals surface area contributed by atoms with Crippen LogP contribution in [-0.2, 0) is 0 Å². The van der Waals surface area contributed by atoms with Crippen LogP contribution in [0.2, 0.25) is 10.0 Å². The summed E-state index contributed by atoms with van der Waals surface area (Å²) in [6.45, 7) is 0. The van der Waals surface area contributed by atoms with Gasteiger partial charge in [-0.25, -0.2) is 0 Å². The highest BCUT2D eigenvalue weighted by Crippen LogP contribution is 2.39. The standard InChI is InChI=1S/C23H18Cl2N2/c24-19-12-14-22(21(25)15-19)27-23(18-9-5-2-6-10-18)16-20(26-27)13-11-17-7-3-1-4-8-17/h1-15,23H,16H2/b13-11+/t23-/m0/s1. The number of hydrogen-bond donors (Lipinski definition) is 0. The van der Waals surface area contributed by atoms with E-state index in [1.165, 1.54) is 5.56 Å². The van der Waals surface area contributed by atoms with Crippen LogP contribution in [0.5, 0.6) is 0 Å². The highest BCUT2D eigenvalue weighted by molar-refractivity contribution is 6.36. The van der Waals surface area contributed by atoms with E-state index in [4.69, 9.17) is 28.3 Å². The largest absolute Gasteiger partial charge is 0.256 e. The van der Waals surface area contributed by atoms with E-state index in [2.05, 4.69) is 48.6 Å². The molecule has 0 saturated carbocycles. The lowest BCUT2D eigenvalue weighted by Gasteiger charge is -2.25. The van der Waals surface area contributed by atoms with Gasteiger partial charge < -0.3 is 0 Å². The van der Waals surface area contributed by atoms with Gasteiger partial charge in [0.1, 0.15) is 0 Å². The molecule has 0 N–H and O–H groups in total. The second kappa shape index (κ2) is 7.99. The first-order chi connectivity index (χ1) is 13.2. The molecule has 0 saturated heterocycles. The SMILES string of the molecule is Clc1ccc(N2N=C(/C=C/c3ccccc3)C[C@H]2c2ccccc2)c(Cl)c1. The third-order valence-corrected chi connectivity index (χ3v) is 5.08. The summed E-state index contributed by atoms with van der Waals surface area (Å²) >= 11 is 12.5. The number of nitrogens with zero attached hydrogens (tertiary/aromatic N) is 2. The molecule has 0 aromatic heterocycles. The van der Waals surface area contributed by atoms with Gasteiger partial charge >= 0.3 is 0 Å². The molecule has 2 nitrogen and oxygen atoms in total. The predicted molar refractivity (Wildman–Crippen MR) is 116 cm³/mol. The number of rotatable bonds is 4. The second-order valence-electron chi connectivity index (χ2n) is 6.41. The highest BCUT2D eigenvalue weighted by Gasteiger charge is 2.29. The minimum atomic E-state index is 0.0975. The van der Waals surface area contributed by atoms with Crippen LogP contribution >= 0.6 is 23.2 Å². The Kier molecular flexibility index (Phi) is 5.28. The van der Waals surface area contributed by atoms with Crippen molar-refractivity contribution in [1.29, 1.82) is 0 Å². The number of allylic oxidation sites excluding steroid dienone is 1. The van der Waals surface area contributed by atoms with Crippen molar-refractivity contribution in [3.05, 3.63) is 106 Å². The van der Waals surface area contributed by atoms with Crippen molar-refractivity contribution in [2.24, 2.45) is 5.10 Å². The summed E-state index contributed by atoms with van der Waals surface area (Å²) < 4.78 is 0. The maximum Gasteiger partial charge on any atom is 0.0832 e. The molecule has 1 heterocycles. The zero-order chi connectivity index (χ0) is 18.6. The molecule has 0 radical (unpaired) electrons. The van der Waals surface area contributed by atoms with Gasteiger partial charge in [0, 0.05) is 11.4 Å². The zero-order valence-corrected chi connectivity index (χ0v) is 16.1. The predicted octanol–water partition coefficient (Wildman–Crippen LogP) is 7.01. The van der Waals surface area contributed by atoms with E-state index in [0.29, 0.717) is 10.0 Å². The summed E-state index contributed by atoms with van der Waals surface area (Å²) in [4.78, 5) is 0. The quantitative estimate of drug-likeness (QED) is 0.465. The molecule has 4 heteroatoms. The van der Waals surface area contributed by atoms with Gasteiger partial charge in [-0.2, -0.15) is 5.10 Å². The van der Waals surface area contributed by atoms with Crippen molar-refractivity contribution in [1.82, 2.24) is 0 Å². The van der Waals surface area contributed by atoms with Crippen LogP contribution in [0.3, 0.4) is 0 Å². The summed E-state index contributed by atoms with van der Waals surface area (Å²) in [5, 5.41) is 8.07. The first-order valence-corrected chi connectivity index (χ1v) is 9.56. The Morgan fingerprint density at radius 1 is 0.852 bits per heavy atom. The molecule has 3 aromatic carbocycles. The Labute approximate surface area is 169 Å². The summed E-state index contributed by atoms with van der Waals surface area (Å²) in [7, 11) is 0. The number of benzene rings is 3. The minimum absolute atomic E-state index is 0.0975. The molecule has 0 bridgehead atoms. The molecule has 4 rings (SSSR count). The van der Waals surface area contributed by atoms with Gasteiger partial charge in [-0.1, -0.05) is 89.9 Å². The molecule has 0 spiro atoms. The summed E-state index contributed by atoms with van der Waals surface area (Å²) in [5.41, 5.74) is 4.23. The van der Waals surface area contributed by atoms with Crippen LogP contribution in [0, 0.1) is 0 Å². The van der Waals surface area contributed by atoms with Gasteiger partial charge in [0.15, 0.2) is 0 Å². The lowest BCUT2D eigenvalue weighted by Crippen LogP contribution is -2.18. The Balaban J connectivity index is 1.69. The van der Waals surface area contributed by atoms with Gasteiger partial charge in [-0.15, -0.1) is 0 Å². The maximum absolute atomic E-state index is 6.47. The lowest BCUT2D eigenvalue weighted by molar-refractivity contribution is 0.709. The maximum atomic E-state index is 6.47. The highest BCUT2D eigenvalue weighted by atomic mass is 35.5. The van der Waals surface area contributed by atoms with Crippen molar-refractivity contribution in [3.8, 4) is 0 Å². The van der Waals surface area contributed by atoms with E-state index in [9.17, 15) is 0 Å². The smallest absolute Gasteiger partial charge is 0.0832 e. The molecule has 3 aromatic rings. The van der Waals surface area contributed by atoms with Gasteiger partial charge in [0.25, 0.3) is 0 Å². The van der Waals surface area contributed by atoms with Crippen LogP contribution in [0.25, 0.3) is 6.08 Å². The molecule has 1 aliphatic heterocycles. The normalized spacial score (nSPS) is 16.7. The molecule has 0 fully saturated rings. The molecule has 1 aliphatic rings. The molecule has 134 valence electrons. The first kappa shape index (κ1) is 17.8. The van der Waals surface area contributed by atoms with E-state index in [1.54, 1.807) is 6.07 Å². The fourth-order valence-electron chi connectivity index (χ4n) is 3.21. The molecule has 0 amide bonds. The summed E-state index contributed by atoms with van der Waals surface area (Å²) in [6.07, 6.45) is 4.98. The number of halogens is 2. The number of hydrazone groups is 1. The number of hydrogen-bond acceptors (Lipinski definition) is 2. The van der Waals surface area contributed by atoms with Crippen molar-refractivity contribution in [2.45, 2.75) is 12.5 Å². The van der Waals surface area contributed by atoms with Crippen LogP contribution in [-0.4, -0.2) is 5.71 Å². The molecule has 0 unspecified atom stereocenters. The van der Waals surface area contributed by atoms with Crippen LogP contribution in [0.4, 0.5) is 5.69 Å². The molecule has 0 aliphatic carbocycles. The third-order valence-electron chi connectivity index (χ3n) is 4.54. The molecular weight excluding hydrogens is 375 g/mol. The van der Waals surface area contributed by atoms with Gasteiger partial charge in [0.05, 0.1) is 22.5 Å². The van der Waals surface area contributed by atoms with Crippen LogP contribution in [0.15, 0.2) is 90.0 Å². The van der Waals surface area contributed by atoms with E-state index in [1.807, 2.05) is 41.4 Å². The van der Waals surface area contributed by atoms with E-state index in [0.717, 1.165) is 23.4 Å². The number of anilines is 1. The average Bonchev–Trinajstić information content (AvgIpc) is 3.12. The van der Waals surface area contributed by atoms with E-state index in [-0.39, 0.29) is 6.04 Å². The van der Waals surface area contributed by atoms with E-state index >= 15 is 0 Å². The Hall–Kier alpha value is -2.55. The Bertz CT molecular complexity index is 982. The van der Waals surface area contributed by atoms with Crippen molar-refractivity contribution in [3.63, 3.8) is 0 Å². The minimum Gasteiger partial charge on any atom is -0.256 e. The third kappa shape index (κ3) is 4.08. The molecular formula is C23H18Cl2N2. The van der Waals surface area contributed by atoms with Crippen molar-refractivity contribution >= 4 is 40.7 Å². The van der Waals surface area contributed by atoms with Crippen LogP contribution in [0.1, 0.15) is 23.6 Å². The lowest BCUT2D eigenvalue weighted by atomic mass is 10.0. The first-order valence-electron chi connectivity index (χ1n) is 8.80. The monoisotopic (exact) mass is 392 g/mol.